The van der Waals surface area contributed by atoms with Crippen molar-refractivity contribution in [2.75, 3.05) is 0 Å². The highest BCUT2D eigenvalue weighted by Crippen LogP contribution is 2.28. The number of benzene rings is 1. The van der Waals surface area contributed by atoms with Crippen LogP contribution in [0, 0.1) is 0 Å². The second-order valence-electron chi connectivity index (χ2n) is 3.21. The average Bonchev–Trinajstić information content (AvgIpc) is 2.17. The average molecular weight is 208 g/mol. The van der Waals surface area contributed by atoms with Crippen LogP contribution in [0.15, 0.2) is 30.5 Å². The number of fused-ring (bicyclic) bond motifs is 1. The lowest BCUT2D eigenvalue weighted by molar-refractivity contribution is 0.196. The number of aromatic nitrogens is 1. The molecule has 1 N–H and O–H groups in total. The lowest BCUT2D eigenvalue weighted by Crippen LogP contribution is -1.96. The van der Waals surface area contributed by atoms with Gasteiger partial charge in [0.15, 0.2) is 0 Å². The van der Waals surface area contributed by atoms with Crippen molar-refractivity contribution >= 4 is 22.4 Å². The summed E-state index contributed by atoms with van der Waals surface area (Å²) in [5.41, 5.74) is 0.633. The predicted molar refractivity (Wildman–Crippen MR) is 57.4 cm³/mol. The van der Waals surface area contributed by atoms with E-state index in [0.29, 0.717) is 10.7 Å². The van der Waals surface area contributed by atoms with E-state index in [1.807, 2.05) is 18.2 Å². The van der Waals surface area contributed by atoms with E-state index >= 15 is 0 Å². The molecule has 14 heavy (non-hydrogen) atoms. The molecule has 1 unspecified atom stereocenters. The molecule has 1 aromatic heterocycles. The zero-order valence-electron chi connectivity index (χ0n) is 7.74. The van der Waals surface area contributed by atoms with Crippen LogP contribution in [-0.2, 0) is 0 Å². The molecule has 0 radical (unpaired) electrons. The number of aliphatic hydroxyl groups excluding tert-OH is 1. The standard InChI is InChI=1S/C11H10ClNO/c1-7(14)11-10-8(5-6-13-11)3-2-4-9(10)12/h2-7,14H,1H3. The molecule has 0 saturated heterocycles. The second kappa shape index (κ2) is 3.56. The third kappa shape index (κ3) is 1.47. The zero-order chi connectivity index (χ0) is 10.1. The summed E-state index contributed by atoms with van der Waals surface area (Å²) >= 11 is 6.06. The molecule has 0 fully saturated rings. The van der Waals surface area contributed by atoms with Gasteiger partial charge in [-0.05, 0) is 24.4 Å². The lowest BCUT2D eigenvalue weighted by Gasteiger charge is -2.08. The molecule has 0 aliphatic rings. The Morgan fingerprint density at radius 2 is 2.14 bits per heavy atom. The molecule has 0 aliphatic heterocycles. The van der Waals surface area contributed by atoms with Gasteiger partial charge in [-0.1, -0.05) is 23.7 Å². The first-order valence-electron chi connectivity index (χ1n) is 4.41. The van der Waals surface area contributed by atoms with Crippen LogP contribution in [0.25, 0.3) is 10.8 Å². The number of halogens is 1. The van der Waals surface area contributed by atoms with Gasteiger partial charge >= 0.3 is 0 Å². The van der Waals surface area contributed by atoms with Crippen molar-refractivity contribution in [2.45, 2.75) is 13.0 Å². The predicted octanol–water partition coefficient (Wildman–Crippen LogP) is 2.94. The van der Waals surface area contributed by atoms with E-state index in [-0.39, 0.29) is 0 Å². The molecule has 0 bridgehead atoms. The molecule has 2 nitrogen and oxygen atoms in total. The fourth-order valence-corrected chi connectivity index (χ4v) is 1.81. The van der Waals surface area contributed by atoms with Crippen LogP contribution in [0.5, 0.6) is 0 Å². The normalized spacial score (nSPS) is 13.1. The van der Waals surface area contributed by atoms with Gasteiger partial charge in [0, 0.05) is 11.6 Å². The molecule has 0 spiro atoms. The summed E-state index contributed by atoms with van der Waals surface area (Å²) < 4.78 is 0. The summed E-state index contributed by atoms with van der Waals surface area (Å²) in [6, 6.07) is 7.52. The van der Waals surface area contributed by atoms with Crippen molar-refractivity contribution in [1.29, 1.82) is 0 Å². The van der Waals surface area contributed by atoms with Crippen LogP contribution in [0.1, 0.15) is 18.7 Å². The van der Waals surface area contributed by atoms with Crippen molar-refractivity contribution in [1.82, 2.24) is 4.98 Å². The third-order valence-corrected chi connectivity index (χ3v) is 2.48. The lowest BCUT2D eigenvalue weighted by atomic mass is 10.1. The van der Waals surface area contributed by atoms with Crippen LogP contribution in [-0.4, -0.2) is 10.1 Å². The van der Waals surface area contributed by atoms with Crippen molar-refractivity contribution in [3.8, 4) is 0 Å². The highest BCUT2D eigenvalue weighted by atomic mass is 35.5. The van der Waals surface area contributed by atoms with Crippen LogP contribution in [0.4, 0.5) is 0 Å². The number of nitrogens with zero attached hydrogens (tertiary/aromatic N) is 1. The maximum Gasteiger partial charge on any atom is 0.0938 e. The fourth-order valence-electron chi connectivity index (χ4n) is 1.53. The van der Waals surface area contributed by atoms with Gasteiger partial charge in [-0.3, -0.25) is 4.98 Å². The molecule has 2 aromatic rings. The van der Waals surface area contributed by atoms with E-state index in [9.17, 15) is 5.11 Å². The molecule has 3 heteroatoms. The first-order chi connectivity index (χ1) is 6.70. The zero-order valence-corrected chi connectivity index (χ0v) is 8.49. The van der Waals surface area contributed by atoms with Gasteiger partial charge in [-0.2, -0.15) is 0 Å². The smallest absolute Gasteiger partial charge is 0.0938 e. The summed E-state index contributed by atoms with van der Waals surface area (Å²) in [7, 11) is 0. The second-order valence-corrected chi connectivity index (χ2v) is 3.62. The van der Waals surface area contributed by atoms with E-state index in [2.05, 4.69) is 4.98 Å². The molecule has 0 saturated carbocycles. The molecule has 0 amide bonds. The van der Waals surface area contributed by atoms with Crippen molar-refractivity contribution < 1.29 is 5.11 Å². The van der Waals surface area contributed by atoms with Crippen LogP contribution in [0.3, 0.4) is 0 Å². The van der Waals surface area contributed by atoms with Crippen molar-refractivity contribution in [3.63, 3.8) is 0 Å². The van der Waals surface area contributed by atoms with Gasteiger partial charge in [-0.25, -0.2) is 0 Å². The van der Waals surface area contributed by atoms with E-state index < -0.39 is 6.10 Å². The van der Waals surface area contributed by atoms with Crippen LogP contribution in [0.2, 0.25) is 5.02 Å². The molecular formula is C11H10ClNO. The van der Waals surface area contributed by atoms with E-state index in [0.717, 1.165) is 10.8 Å². The van der Waals surface area contributed by atoms with Gasteiger partial charge in [-0.15, -0.1) is 0 Å². The first kappa shape index (κ1) is 9.44. The number of rotatable bonds is 1. The highest BCUT2D eigenvalue weighted by molar-refractivity contribution is 6.35. The van der Waals surface area contributed by atoms with Crippen LogP contribution >= 0.6 is 11.6 Å². The molecule has 2 rings (SSSR count). The van der Waals surface area contributed by atoms with Gasteiger partial charge < -0.3 is 5.11 Å². The summed E-state index contributed by atoms with van der Waals surface area (Å²) in [5.74, 6) is 0. The molecule has 1 aromatic carbocycles. The minimum atomic E-state index is -0.599. The summed E-state index contributed by atoms with van der Waals surface area (Å²) in [4.78, 5) is 4.13. The Kier molecular flexibility index (Phi) is 2.40. The maximum absolute atomic E-state index is 9.53. The molecule has 72 valence electrons. The monoisotopic (exact) mass is 207 g/mol. The maximum atomic E-state index is 9.53. The van der Waals surface area contributed by atoms with Crippen molar-refractivity contribution in [3.05, 3.63) is 41.2 Å². The molecule has 1 atom stereocenters. The SMILES string of the molecule is CC(O)c1nccc2cccc(Cl)c12. The molecular weight excluding hydrogens is 198 g/mol. The topological polar surface area (TPSA) is 33.1 Å². The number of aliphatic hydroxyl groups is 1. The Labute approximate surface area is 87.2 Å². The van der Waals surface area contributed by atoms with Gasteiger partial charge in [0.1, 0.15) is 0 Å². The van der Waals surface area contributed by atoms with Gasteiger partial charge in [0.05, 0.1) is 16.8 Å². The van der Waals surface area contributed by atoms with E-state index in [1.54, 1.807) is 19.2 Å². The summed E-state index contributed by atoms with van der Waals surface area (Å²) in [6.45, 7) is 1.69. The number of pyridine rings is 1. The Bertz CT molecular complexity index is 463. The minimum Gasteiger partial charge on any atom is -0.387 e. The Morgan fingerprint density at radius 3 is 2.86 bits per heavy atom. The fraction of sp³-hybridized carbons (Fsp3) is 0.182. The number of hydrogen-bond acceptors (Lipinski definition) is 2. The third-order valence-electron chi connectivity index (χ3n) is 2.17. The Hall–Kier alpha value is -1.12. The van der Waals surface area contributed by atoms with Crippen LogP contribution < -0.4 is 0 Å². The Morgan fingerprint density at radius 1 is 1.36 bits per heavy atom. The quantitative estimate of drug-likeness (QED) is 0.780. The summed E-state index contributed by atoms with van der Waals surface area (Å²) in [5, 5.41) is 12.0. The van der Waals surface area contributed by atoms with Gasteiger partial charge in [0.25, 0.3) is 0 Å². The van der Waals surface area contributed by atoms with Gasteiger partial charge in [0.2, 0.25) is 0 Å². The van der Waals surface area contributed by atoms with Crippen molar-refractivity contribution in [2.24, 2.45) is 0 Å². The van der Waals surface area contributed by atoms with E-state index in [4.69, 9.17) is 11.6 Å². The number of hydrogen-bond donors (Lipinski definition) is 1. The molecule has 1 heterocycles. The first-order valence-corrected chi connectivity index (χ1v) is 4.79. The van der Waals surface area contributed by atoms with E-state index in [1.165, 1.54) is 0 Å². The summed E-state index contributed by atoms with van der Waals surface area (Å²) in [6.07, 6.45) is 1.08. The largest absolute Gasteiger partial charge is 0.387 e. The minimum absolute atomic E-state index is 0.599. The molecule has 0 aliphatic carbocycles. The Balaban J connectivity index is 2.84. The highest BCUT2D eigenvalue weighted by Gasteiger charge is 2.09.